The van der Waals surface area contributed by atoms with Crippen LogP contribution in [-0.2, 0) is 12.8 Å². The minimum absolute atomic E-state index is 0.524. The van der Waals surface area contributed by atoms with Crippen molar-refractivity contribution in [3.8, 4) is 0 Å². The number of rotatable bonds is 4. The first-order valence-corrected chi connectivity index (χ1v) is 9.27. The van der Waals surface area contributed by atoms with Crippen LogP contribution in [0.15, 0.2) is 53.5 Å². The summed E-state index contributed by atoms with van der Waals surface area (Å²) in [6.07, 6.45) is 4.82. The fourth-order valence-corrected chi connectivity index (χ4v) is 3.92. The molecule has 2 aromatic rings. The lowest BCUT2D eigenvalue weighted by Crippen LogP contribution is -2.25. The molecule has 1 heterocycles. The Hall–Kier alpha value is -2.49. The fraction of sp³-hybridized carbons (Fsp3) is 0.381. The second kappa shape index (κ2) is 7.18. The molecule has 2 aromatic carbocycles. The summed E-state index contributed by atoms with van der Waals surface area (Å²) in [5.41, 5.74) is 11.4. The second-order valence-electron chi connectivity index (χ2n) is 7.12. The molecule has 4 rings (SSSR count). The molecule has 1 unspecified atom stereocenters. The molecule has 0 aromatic heterocycles. The van der Waals surface area contributed by atoms with E-state index in [9.17, 15) is 0 Å². The first-order valence-electron chi connectivity index (χ1n) is 9.27. The molecule has 130 valence electrons. The van der Waals surface area contributed by atoms with Gasteiger partial charge in [0, 0.05) is 31.0 Å². The molecule has 0 saturated carbocycles. The molecule has 1 aliphatic carbocycles. The van der Waals surface area contributed by atoms with Gasteiger partial charge in [-0.05, 0) is 67.0 Å². The van der Waals surface area contributed by atoms with Crippen molar-refractivity contribution in [2.75, 3.05) is 29.9 Å². The van der Waals surface area contributed by atoms with Gasteiger partial charge >= 0.3 is 0 Å². The van der Waals surface area contributed by atoms with Crippen LogP contribution in [0.25, 0.3) is 0 Å². The predicted molar refractivity (Wildman–Crippen MR) is 105 cm³/mol. The highest BCUT2D eigenvalue weighted by Gasteiger charge is 2.22. The lowest BCUT2D eigenvalue weighted by Gasteiger charge is -2.18. The summed E-state index contributed by atoms with van der Waals surface area (Å²) in [6, 6.07) is 17.2. The zero-order chi connectivity index (χ0) is 17.1. The Bertz CT molecular complexity index is 754. The van der Waals surface area contributed by atoms with Gasteiger partial charge in [0.25, 0.3) is 0 Å². The zero-order valence-corrected chi connectivity index (χ0v) is 14.6. The first-order chi connectivity index (χ1) is 12.3. The van der Waals surface area contributed by atoms with Crippen molar-refractivity contribution in [1.82, 2.24) is 0 Å². The van der Waals surface area contributed by atoms with Gasteiger partial charge in [-0.15, -0.1) is 0 Å². The summed E-state index contributed by atoms with van der Waals surface area (Å²) in [5, 5.41) is 3.25. The van der Waals surface area contributed by atoms with E-state index in [4.69, 9.17) is 5.73 Å². The molecule has 25 heavy (non-hydrogen) atoms. The van der Waals surface area contributed by atoms with Crippen LogP contribution in [-0.4, -0.2) is 25.6 Å². The molecular weight excluding hydrogens is 308 g/mol. The van der Waals surface area contributed by atoms with Gasteiger partial charge < -0.3 is 16.0 Å². The largest absolute Gasteiger partial charge is 0.371 e. The molecule has 0 radical (unpaired) electrons. The second-order valence-corrected chi connectivity index (χ2v) is 7.12. The molecule has 4 nitrogen and oxygen atoms in total. The van der Waals surface area contributed by atoms with E-state index in [1.807, 2.05) is 0 Å². The molecule has 4 heteroatoms. The maximum absolute atomic E-state index is 6.10. The van der Waals surface area contributed by atoms with E-state index in [1.54, 1.807) is 0 Å². The Kier molecular flexibility index (Phi) is 4.59. The average molecular weight is 334 g/mol. The van der Waals surface area contributed by atoms with Crippen molar-refractivity contribution >= 4 is 17.3 Å². The third kappa shape index (κ3) is 3.78. The molecule has 3 N–H and O–H groups in total. The Balaban J connectivity index is 1.31. The van der Waals surface area contributed by atoms with E-state index in [2.05, 4.69) is 63.7 Å². The van der Waals surface area contributed by atoms with Crippen LogP contribution >= 0.6 is 0 Å². The van der Waals surface area contributed by atoms with E-state index < -0.39 is 0 Å². The minimum Gasteiger partial charge on any atom is -0.371 e. The van der Waals surface area contributed by atoms with Crippen molar-refractivity contribution in [2.24, 2.45) is 16.6 Å². The number of nitrogens with two attached hydrogens (primary N) is 1. The van der Waals surface area contributed by atoms with Crippen LogP contribution in [0, 0.1) is 5.92 Å². The number of benzene rings is 2. The normalized spacial score (nSPS) is 19.9. The quantitative estimate of drug-likeness (QED) is 0.665. The maximum Gasteiger partial charge on any atom is 0.193 e. The summed E-state index contributed by atoms with van der Waals surface area (Å²) in [6.45, 7) is 2.94. The van der Waals surface area contributed by atoms with E-state index in [0.29, 0.717) is 11.9 Å². The minimum atomic E-state index is 0.524. The van der Waals surface area contributed by atoms with Gasteiger partial charge in [-0.3, -0.25) is 4.99 Å². The van der Waals surface area contributed by atoms with E-state index in [1.165, 1.54) is 42.5 Å². The fourth-order valence-electron chi connectivity index (χ4n) is 3.92. The van der Waals surface area contributed by atoms with Crippen molar-refractivity contribution in [3.05, 3.63) is 59.7 Å². The standard InChI is InChI=1S/C21H26N4/c22-21(24-19-10-9-17-5-4-6-18(17)13-19)23-14-16-11-12-25(15-16)20-7-2-1-3-8-20/h1-3,7-10,13,16H,4-6,11-12,14-15H2,(H3,22,23,24). The smallest absolute Gasteiger partial charge is 0.193 e. The number of aryl methyl sites for hydroxylation is 2. The summed E-state index contributed by atoms with van der Waals surface area (Å²) >= 11 is 0. The molecule has 0 amide bonds. The van der Waals surface area contributed by atoms with Crippen LogP contribution in [0.4, 0.5) is 11.4 Å². The Labute approximate surface area is 149 Å². The highest BCUT2D eigenvalue weighted by molar-refractivity contribution is 5.92. The number of hydrogen-bond donors (Lipinski definition) is 2. The van der Waals surface area contributed by atoms with Gasteiger partial charge in [-0.2, -0.15) is 0 Å². The van der Waals surface area contributed by atoms with Gasteiger partial charge in [0.2, 0.25) is 0 Å². The highest BCUT2D eigenvalue weighted by Crippen LogP contribution is 2.25. The molecular formula is C21H26N4. The van der Waals surface area contributed by atoms with Gasteiger partial charge in [-0.25, -0.2) is 0 Å². The molecule has 1 aliphatic heterocycles. The molecule has 2 aliphatic rings. The summed E-state index contributed by atoms with van der Waals surface area (Å²) in [4.78, 5) is 7.01. The SMILES string of the molecule is NC(=NCC1CCN(c2ccccc2)C1)Nc1ccc2c(c1)CCC2. The summed E-state index contributed by atoms with van der Waals surface area (Å²) < 4.78 is 0. The zero-order valence-electron chi connectivity index (χ0n) is 14.6. The number of hydrogen-bond acceptors (Lipinski definition) is 2. The average Bonchev–Trinajstić information content (AvgIpc) is 3.30. The molecule has 1 saturated heterocycles. The van der Waals surface area contributed by atoms with Crippen molar-refractivity contribution in [3.63, 3.8) is 0 Å². The van der Waals surface area contributed by atoms with Crippen molar-refractivity contribution < 1.29 is 0 Å². The molecule has 0 bridgehead atoms. The number of guanidine groups is 1. The number of para-hydroxylation sites is 1. The molecule has 1 fully saturated rings. The topological polar surface area (TPSA) is 53.6 Å². The lowest BCUT2D eigenvalue weighted by molar-refractivity contribution is 0.603. The van der Waals surface area contributed by atoms with E-state index in [-0.39, 0.29) is 0 Å². The first kappa shape index (κ1) is 16.0. The predicted octanol–water partition coefficient (Wildman–Crippen LogP) is 3.43. The highest BCUT2D eigenvalue weighted by atomic mass is 15.2. The third-order valence-corrected chi connectivity index (χ3v) is 5.30. The van der Waals surface area contributed by atoms with Crippen LogP contribution in [0.3, 0.4) is 0 Å². The van der Waals surface area contributed by atoms with Crippen LogP contribution in [0.1, 0.15) is 24.0 Å². The number of nitrogens with zero attached hydrogens (tertiary/aromatic N) is 2. The number of nitrogens with one attached hydrogen (secondary N) is 1. The van der Waals surface area contributed by atoms with Crippen LogP contribution in [0.2, 0.25) is 0 Å². The maximum atomic E-state index is 6.10. The van der Waals surface area contributed by atoms with Crippen LogP contribution in [0.5, 0.6) is 0 Å². The van der Waals surface area contributed by atoms with Crippen molar-refractivity contribution in [2.45, 2.75) is 25.7 Å². The third-order valence-electron chi connectivity index (χ3n) is 5.30. The monoisotopic (exact) mass is 334 g/mol. The Morgan fingerprint density at radius 3 is 2.84 bits per heavy atom. The number of aliphatic imine (C=N–C) groups is 1. The van der Waals surface area contributed by atoms with Gasteiger partial charge in [0.05, 0.1) is 0 Å². The van der Waals surface area contributed by atoms with E-state index >= 15 is 0 Å². The van der Waals surface area contributed by atoms with Crippen molar-refractivity contribution in [1.29, 1.82) is 0 Å². The Morgan fingerprint density at radius 2 is 1.96 bits per heavy atom. The number of anilines is 2. The molecule has 0 spiro atoms. The molecule has 1 atom stereocenters. The lowest BCUT2D eigenvalue weighted by atomic mass is 10.1. The summed E-state index contributed by atoms with van der Waals surface area (Å²) in [5.74, 6) is 1.09. The van der Waals surface area contributed by atoms with Crippen LogP contribution < -0.4 is 16.0 Å². The van der Waals surface area contributed by atoms with Gasteiger partial charge in [0.15, 0.2) is 5.96 Å². The number of fused-ring (bicyclic) bond motifs is 1. The Morgan fingerprint density at radius 1 is 1.12 bits per heavy atom. The van der Waals surface area contributed by atoms with Gasteiger partial charge in [0.1, 0.15) is 0 Å². The summed E-state index contributed by atoms with van der Waals surface area (Å²) in [7, 11) is 0. The van der Waals surface area contributed by atoms with E-state index in [0.717, 1.165) is 25.3 Å². The van der Waals surface area contributed by atoms with Gasteiger partial charge in [-0.1, -0.05) is 24.3 Å².